The number of amides is 2. The van der Waals surface area contributed by atoms with E-state index in [4.69, 9.17) is 18.0 Å². The number of aryl methyl sites for hydroxylation is 1. The highest BCUT2D eigenvalue weighted by molar-refractivity contribution is 7.80. The maximum absolute atomic E-state index is 12.2. The van der Waals surface area contributed by atoms with Gasteiger partial charge in [-0.1, -0.05) is 25.5 Å². The first-order valence-electron chi connectivity index (χ1n) is 7.60. The highest BCUT2D eigenvalue weighted by atomic mass is 32.1. The van der Waals surface area contributed by atoms with Gasteiger partial charge >= 0.3 is 0 Å². The number of primary amides is 1. The van der Waals surface area contributed by atoms with Crippen molar-refractivity contribution < 1.29 is 9.59 Å². The third-order valence-corrected chi connectivity index (χ3v) is 3.61. The summed E-state index contributed by atoms with van der Waals surface area (Å²) in [6.45, 7) is 2.11. The molecule has 0 saturated heterocycles. The van der Waals surface area contributed by atoms with Crippen LogP contribution in [0.1, 0.15) is 39.6 Å². The highest BCUT2D eigenvalue weighted by Crippen LogP contribution is 2.10. The number of nitrogens with one attached hydrogen (secondary N) is 2. The van der Waals surface area contributed by atoms with Crippen LogP contribution in [0.4, 0.5) is 5.69 Å². The molecule has 0 aliphatic carbocycles. The second-order valence-electron chi connectivity index (χ2n) is 5.30. The molecule has 0 radical (unpaired) electrons. The number of rotatable bonds is 5. The van der Waals surface area contributed by atoms with Crippen molar-refractivity contribution in [2.24, 2.45) is 5.73 Å². The molecule has 0 spiro atoms. The largest absolute Gasteiger partial charge is 0.366 e. The Labute approximate surface area is 146 Å². The second kappa shape index (κ2) is 8.21. The molecule has 5 nitrogen and oxygen atoms in total. The molecule has 0 aromatic heterocycles. The van der Waals surface area contributed by atoms with E-state index in [0.29, 0.717) is 16.8 Å². The smallest absolute Gasteiger partial charge is 0.257 e. The lowest BCUT2D eigenvalue weighted by molar-refractivity contribution is 0.0975. The van der Waals surface area contributed by atoms with Crippen LogP contribution < -0.4 is 16.4 Å². The quantitative estimate of drug-likeness (QED) is 0.730. The van der Waals surface area contributed by atoms with Gasteiger partial charge in [-0.25, -0.2) is 0 Å². The van der Waals surface area contributed by atoms with Gasteiger partial charge in [0.15, 0.2) is 5.11 Å². The van der Waals surface area contributed by atoms with E-state index in [2.05, 4.69) is 17.6 Å². The normalized spacial score (nSPS) is 10.0. The number of anilines is 1. The molecule has 0 atom stereocenters. The van der Waals surface area contributed by atoms with Crippen molar-refractivity contribution in [1.82, 2.24) is 5.32 Å². The molecule has 2 rings (SSSR count). The van der Waals surface area contributed by atoms with Gasteiger partial charge in [0.25, 0.3) is 5.91 Å². The zero-order chi connectivity index (χ0) is 17.5. The van der Waals surface area contributed by atoms with E-state index in [0.717, 1.165) is 12.8 Å². The molecule has 0 heterocycles. The first-order valence-corrected chi connectivity index (χ1v) is 8.01. The fraction of sp³-hybridized carbons (Fsp3) is 0.167. The average Bonchev–Trinajstić information content (AvgIpc) is 2.56. The fourth-order valence-corrected chi connectivity index (χ4v) is 2.38. The first kappa shape index (κ1) is 17.6. The van der Waals surface area contributed by atoms with Crippen molar-refractivity contribution in [2.45, 2.75) is 19.8 Å². The van der Waals surface area contributed by atoms with Crippen LogP contribution >= 0.6 is 12.2 Å². The molecule has 6 heteroatoms. The molecule has 2 aromatic carbocycles. The molecule has 2 amide bonds. The van der Waals surface area contributed by atoms with Gasteiger partial charge in [0, 0.05) is 16.8 Å². The number of nitrogens with two attached hydrogens (primary N) is 1. The molecule has 2 aromatic rings. The minimum atomic E-state index is -0.496. The summed E-state index contributed by atoms with van der Waals surface area (Å²) in [6.07, 6.45) is 2.05. The maximum atomic E-state index is 12.2. The molecule has 0 bridgehead atoms. The first-order chi connectivity index (χ1) is 11.5. The lowest BCUT2D eigenvalue weighted by Gasteiger charge is -2.10. The van der Waals surface area contributed by atoms with E-state index in [9.17, 15) is 9.59 Å². The minimum absolute atomic E-state index is 0.185. The molecule has 0 saturated carbocycles. The Morgan fingerprint density at radius 3 is 2.12 bits per heavy atom. The predicted molar refractivity (Wildman–Crippen MR) is 99.1 cm³/mol. The molecular weight excluding hydrogens is 322 g/mol. The van der Waals surface area contributed by atoms with Gasteiger partial charge < -0.3 is 11.1 Å². The zero-order valence-corrected chi connectivity index (χ0v) is 14.2. The monoisotopic (exact) mass is 341 g/mol. The Kier molecular flexibility index (Phi) is 6.03. The third kappa shape index (κ3) is 4.89. The Morgan fingerprint density at radius 1 is 1.00 bits per heavy atom. The lowest BCUT2D eigenvalue weighted by Crippen LogP contribution is -2.34. The minimum Gasteiger partial charge on any atom is -0.366 e. The topological polar surface area (TPSA) is 84.2 Å². The average molecular weight is 341 g/mol. The van der Waals surface area contributed by atoms with Crippen LogP contribution in [0, 0.1) is 0 Å². The van der Waals surface area contributed by atoms with Crippen molar-refractivity contribution in [3.05, 3.63) is 65.2 Å². The van der Waals surface area contributed by atoms with Crippen molar-refractivity contribution in [2.75, 3.05) is 5.32 Å². The fourth-order valence-electron chi connectivity index (χ4n) is 2.17. The summed E-state index contributed by atoms with van der Waals surface area (Å²) in [7, 11) is 0. The van der Waals surface area contributed by atoms with Crippen molar-refractivity contribution in [3.63, 3.8) is 0 Å². The van der Waals surface area contributed by atoms with E-state index in [1.165, 1.54) is 5.56 Å². The Hall–Kier alpha value is -2.73. The molecule has 0 aliphatic heterocycles. The molecule has 0 unspecified atom stereocenters. The van der Waals surface area contributed by atoms with E-state index in [1.54, 1.807) is 36.4 Å². The van der Waals surface area contributed by atoms with Crippen LogP contribution in [-0.2, 0) is 6.42 Å². The lowest BCUT2D eigenvalue weighted by atomic mass is 10.1. The SMILES string of the molecule is CCCc1ccc(C(=O)NC(=S)Nc2ccc(C(N)=O)cc2)cc1. The highest BCUT2D eigenvalue weighted by Gasteiger charge is 2.08. The Bertz CT molecular complexity index is 740. The van der Waals surface area contributed by atoms with Gasteiger partial charge in [-0.05, 0) is 60.6 Å². The van der Waals surface area contributed by atoms with E-state index in [1.807, 2.05) is 12.1 Å². The van der Waals surface area contributed by atoms with Gasteiger partial charge in [-0.15, -0.1) is 0 Å². The van der Waals surface area contributed by atoms with Crippen LogP contribution in [0.5, 0.6) is 0 Å². The van der Waals surface area contributed by atoms with Crippen molar-refractivity contribution >= 4 is 34.8 Å². The van der Waals surface area contributed by atoms with Crippen LogP contribution in [0.2, 0.25) is 0 Å². The summed E-state index contributed by atoms with van der Waals surface area (Å²) in [5, 5.41) is 5.70. The molecular formula is C18H19N3O2S. The molecule has 124 valence electrons. The van der Waals surface area contributed by atoms with Crippen molar-refractivity contribution in [1.29, 1.82) is 0 Å². The summed E-state index contributed by atoms with van der Waals surface area (Å²) >= 11 is 5.13. The Morgan fingerprint density at radius 2 is 1.58 bits per heavy atom. The number of hydrogen-bond acceptors (Lipinski definition) is 3. The predicted octanol–water partition coefficient (Wildman–Crippen LogP) is 2.86. The van der Waals surface area contributed by atoms with Gasteiger partial charge in [0.2, 0.25) is 5.91 Å². The van der Waals surface area contributed by atoms with Gasteiger partial charge in [-0.3, -0.25) is 14.9 Å². The summed E-state index contributed by atoms with van der Waals surface area (Å²) in [6, 6.07) is 13.9. The number of carbonyl (C=O) groups is 2. The maximum Gasteiger partial charge on any atom is 0.257 e. The number of carbonyl (C=O) groups excluding carboxylic acids is 2. The number of benzene rings is 2. The summed E-state index contributed by atoms with van der Waals surface area (Å²) in [4.78, 5) is 23.2. The van der Waals surface area contributed by atoms with Gasteiger partial charge in [0.1, 0.15) is 0 Å². The second-order valence-corrected chi connectivity index (χ2v) is 5.71. The van der Waals surface area contributed by atoms with E-state index < -0.39 is 5.91 Å². The number of thiocarbonyl (C=S) groups is 1. The van der Waals surface area contributed by atoms with Crippen LogP contribution in [-0.4, -0.2) is 16.9 Å². The molecule has 4 N–H and O–H groups in total. The molecule has 0 aliphatic rings. The molecule has 24 heavy (non-hydrogen) atoms. The Balaban J connectivity index is 1.93. The van der Waals surface area contributed by atoms with Crippen LogP contribution in [0.15, 0.2) is 48.5 Å². The summed E-state index contributed by atoms with van der Waals surface area (Å²) in [5.41, 5.74) is 7.99. The van der Waals surface area contributed by atoms with Crippen molar-refractivity contribution in [3.8, 4) is 0 Å². The van der Waals surface area contributed by atoms with E-state index in [-0.39, 0.29) is 11.0 Å². The van der Waals surface area contributed by atoms with E-state index >= 15 is 0 Å². The summed E-state index contributed by atoms with van der Waals surface area (Å²) < 4.78 is 0. The zero-order valence-electron chi connectivity index (χ0n) is 13.3. The van der Waals surface area contributed by atoms with Gasteiger partial charge in [0.05, 0.1) is 0 Å². The molecule has 0 fully saturated rings. The third-order valence-electron chi connectivity index (χ3n) is 3.41. The van der Waals surface area contributed by atoms with Gasteiger partial charge in [-0.2, -0.15) is 0 Å². The van der Waals surface area contributed by atoms with Crippen LogP contribution in [0.3, 0.4) is 0 Å². The number of hydrogen-bond donors (Lipinski definition) is 3. The van der Waals surface area contributed by atoms with Crippen LogP contribution in [0.25, 0.3) is 0 Å². The standard InChI is InChI=1S/C18H19N3O2S/c1-2-3-12-4-6-14(7-5-12)17(23)21-18(24)20-15-10-8-13(9-11-15)16(19)22/h4-11H,2-3H2,1H3,(H2,19,22)(H2,20,21,23,24). The summed E-state index contributed by atoms with van der Waals surface area (Å²) in [5.74, 6) is -0.770.